The molecular weight excluding hydrogens is 178 g/mol. The predicted molar refractivity (Wildman–Crippen MR) is 52.5 cm³/mol. The second-order valence-corrected chi connectivity index (χ2v) is 2.93. The molecule has 4 heteroatoms. The molecule has 2 rings (SSSR count). The van der Waals surface area contributed by atoms with Gasteiger partial charge >= 0.3 is 0 Å². The van der Waals surface area contributed by atoms with Crippen LogP contribution < -0.4 is 5.90 Å². The number of hydrogen-bond donors (Lipinski definition) is 1. The molecule has 72 valence electrons. The van der Waals surface area contributed by atoms with Crippen LogP contribution in [0.4, 0.5) is 0 Å². The van der Waals surface area contributed by atoms with Crippen molar-refractivity contribution in [3.05, 3.63) is 48.3 Å². The smallest absolute Gasteiger partial charge is 0.0930 e. The number of aromatic nitrogens is 2. The zero-order valence-corrected chi connectivity index (χ0v) is 7.63. The van der Waals surface area contributed by atoms with Gasteiger partial charge in [0.1, 0.15) is 0 Å². The molecule has 0 bridgehead atoms. The van der Waals surface area contributed by atoms with E-state index in [1.807, 2.05) is 36.5 Å². The van der Waals surface area contributed by atoms with Crippen molar-refractivity contribution in [2.24, 2.45) is 5.90 Å². The summed E-state index contributed by atoms with van der Waals surface area (Å²) in [6.45, 7) is 0.412. The van der Waals surface area contributed by atoms with Gasteiger partial charge < -0.3 is 0 Å². The largest absolute Gasteiger partial charge is 0.300 e. The molecule has 0 radical (unpaired) electrons. The highest BCUT2D eigenvalue weighted by molar-refractivity contribution is 5.34. The van der Waals surface area contributed by atoms with Crippen molar-refractivity contribution in [3.8, 4) is 5.69 Å². The Bertz CT molecular complexity index is 398. The SMILES string of the molecule is NOCc1cccc(-n2cccn2)c1. The summed E-state index contributed by atoms with van der Waals surface area (Å²) in [5, 5.41) is 4.13. The summed E-state index contributed by atoms with van der Waals surface area (Å²) in [7, 11) is 0. The van der Waals surface area contributed by atoms with Crippen LogP contribution in [0, 0.1) is 0 Å². The Labute approximate surface area is 81.9 Å². The molecule has 14 heavy (non-hydrogen) atoms. The molecule has 1 aromatic carbocycles. The van der Waals surface area contributed by atoms with E-state index in [2.05, 4.69) is 9.94 Å². The highest BCUT2D eigenvalue weighted by atomic mass is 16.6. The number of nitrogens with two attached hydrogens (primary N) is 1. The molecular formula is C10H11N3O. The van der Waals surface area contributed by atoms with Crippen LogP contribution in [0.1, 0.15) is 5.56 Å². The van der Waals surface area contributed by atoms with E-state index < -0.39 is 0 Å². The van der Waals surface area contributed by atoms with Crippen LogP contribution in [0.5, 0.6) is 0 Å². The first-order chi connectivity index (χ1) is 6.90. The van der Waals surface area contributed by atoms with Crippen LogP contribution in [0.2, 0.25) is 0 Å². The molecule has 1 heterocycles. The van der Waals surface area contributed by atoms with E-state index in [0.29, 0.717) is 6.61 Å². The minimum atomic E-state index is 0.412. The molecule has 0 aliphatic rings. The van der Waals surface area contributed by atoms with Gasteiger partial charge in [-0.25, -0.2) is 10.6 Å². The average molecular weight is 189 g/mol. The minimum absolute atomic E-state index is 0.412. The van der Waals surface area contributed by atoms with E-state index in [1.165, 1.54) is 0 Å². The summed E-state index contributed by atoms with van der Waals surface area (Å²) in [4.78, 5) is 4.57. The average Bonchev–Trinajstić information content (AvgIpc) is 2.71. The topological polar surface area (TPSA) is 53.1 Å². The minimum Gasteiger partial charge on any atom is -0.300 e. The van der Waals surface area contributed by atoms with Gasteiger partial charge in [0.15, 0.2) is 0 Å². The van der Waals surface area contributed by atoms with Gasteiger partial charge in [-0.3, -0.25) is 4.84 Å². The maximum atomic E-state index is 5.01. The number of hydrogen-bond acceptors (Lipinski definition) is 3. The lowest BCUT2D eigenvalue weighted by Gasteiger charge is -2.03. The van der Waals surface area contributed by atoms with Gasteiger partial charge in [-0.05, 0) is 23.8 Å². The van der Waals surface area contributed by atoms with Crippen molar-refractivity contribution in [2.45, 2.75) is 6.61 Å². The molecule has 0 atom stereocenters. The fourth-order valence-corrected chi connectivity index (χ4v) is 1.31. The van der Waals surface area contributed by atoms with Crippen molar-refractivity contribution >= 4 is 0 Å². The number of nitrogens with zero attached hydrogens (tertiary/aromatic N) is 2. The van der Waals surface area contributed by atoms with Crippen LogP contribution in [0.25, 0.3) is 5.69 Å². The lowest BCUT2D eigenvalue weighted by atomic mass is 10.2. The van der Waals surface area contributed by atoms with E-state index >= 15 is 0 Å². The third-order valence-corrected chi connectivity index (χ3v) is 1.93. The zero-order valence-electron chi connectivity index (χ0n) is 7.63. The first-order valence-corrected chi connectivity index (χ1v) is 4.31. The van der Waals surface area contributed by atoms with Crippen molar-refractivity contribution in [3.63, 3.8) is 0 Å². The van der Waals surface area contributed by atoms with Gasteiger partial charge in [0.05, 0.1) is 12.3 Å². The lowest BCUT2D eigenvalue weighted by molar-refractivity contribution is 0.124. The predicted octanol–water partition coefficient (Wildman–Crippen LogP) is 1.26. The summed E-state index contributed by atoms with van der Waals surface area (Å²) in [6.07, 6.45) is 3.63. The highest BCUT2D eigenvalue weighted by Gasteiger charge is 1.97. The Morgan fingerprint density at radius 3 is 3.00 bits per heavy atom. The molecule has 0 saturated heterocycles. The van der Waals surface area contributed by atoms with Gasteiger partial charge in [-0.2, -0.15) is 5.10 Å². The zero-order chi connectivity index (χ0) is 9.80. The molecule has 0 aliphatic heterocycles. The van der Waals surface area contributed by atoms with Gasteiger partial charge in [0.25, 0.3) is 0 Å². The van der Waals surface area contributed by atoms with Crippen LogP contribution in [-0.2, 0) is 11.4 Å². The van der Waals surface area contributed by atoms with E-state index in [-0.39, 0.29) is 0 Å². The molecule has 2 aromatic rings. The fourth-order valence-electron chi connectivity index (χ4n) is 1.31. The second kappa shape index (κ2) is 4.04. The van der Waals surface area contributed by atoms with Gasteiger partial charge in [0.2, 0.25) is 0 Å². The Morgan fingerprint density at radius 2 is 2.29 bits per heavy atom. The quantitative estimate of drug-likeness (QED) is 0.739. The molecule has 0 spiro atoms. The Balaban J connectivity index is 2.31. The van der Waals surface area contributed by atoms with E-state index in [9.17, 15) is 0 Å². The molecule has 2 N–H and O–H groups in total. The Hall–Kier alpha value is -1.65. The molecule has 1 aromatic heterocycles. The van der Waals surface area contributed by atoms with E-state index in [4.69, 9.17) is 5.90 Å². The van der Waals surface area contributed by atoms with Crippen molar-refractivity contribution in [2.75, 3.05) is 0 Å². The van der Waals surface area contributed by atoms with Crippen LogP contribution in [-0.4, -0.2) is 9.78 Å². The summed E-state index contributed by atoms with van der Waals surface area (Å²) in [6, 6.07) is 9.75. The summed E-state index contributed by atoms with van der Waals surface area (Å²) < 4.78 is 1.79. The van der Waals surface area contributed by atoms with Gasteiger partial charge in [-0.15, -0.1) is 0 Å². The molecule has 4 nitrogen and oxygen atoms in total. The van der Waals surface area contributed by atoms with Crippen molar-refractivity contribution < 1.29 is 4.84 Å². The third kappa shape index (κ3) is 1.81. The molecule has 0 aliphatic carbocycles. The molecule has 0 unspecified atom stereocenters. The van der Waals surface area contributed by atoms with Crippen molar-refractivity contribution in [1.29, 1.82) is 0 Å². The van der Waals surface area contributed by atoms with E-state index in [1.54, 1.807) is 10.9 Å². The van der Waals surface area contributed by atoms with Crippen LogP contribution in [0.15, 0.2) is 42.7 Å². The number of benzene rings is 1. The maximum absolute atomic E-state index is 5.01. The second-order valence-electron chi connectivity index (χ2n) is 2.93. The monoisotopic (exact) mass is 189 g/mol. The molecule has 0 saturated carbocycles. The van der Waals surface area contributed by atoms with Crippen LogP contribution >= 0.6 is 0 Å². The van der Waals surface area contributed by atoms with Crippen LogP contribution in [0.3, 0.4) is 0 Å². The third-order valence-electron chi connectivity index (χ3n) is 1.93. The standard InChI is InChI=1S/C10H11N3O/c11-14-8-9-3-1-4-10(7-9)13-6-2-5-12-13/h1-7H,8,11H2. The number of rotatable bonds is 3. The lowest BCUT2D eigenvalue weighted by Crippen LogP contribution is -2.00. The molecule has 0 amide bonds. The van der Waals surface area contributed by atoms with Gasteiger partial charge in [-0.1, -0.05) is 12.1 Å². The Morgan fingerprint density at radius 1 is 1.36 bits per heavy atom. The summed E-state index contributed by atoms with van der Waals surface area (Å²) >= 11 is 0. The fraction of sp³-hybridized carbons (Fsp3) is 0.100. The van der Waals surface area contributed by atoms with Crippen molar-refractivity contribution in [1.82, 2.24) is 9.78 Å². The highest BCUT2D eigenvalue weighted by Crippen LogP contribution is 2.09. The summed E-state index contributed by atoms with van der Waals surface area (Å²) in [5.74, 6) is 5.01. The Kier molecular flexibility index (Phi) is 2.58. The molecule has 0 fully saturated rings. The first-order valence-electron chi connectivity index (χ1n) is 4.31. The van der Waals surface area contributed by atoms with E-state index in [0.717, 1.165) is 11.3 Å². The maximum Gasteiger partial charge on any atom is 0.0930 e. The normalized spacial score (nSPS) is 10.4. The first kappa shape index (κ1) is 8.93. The van der Waals surface area contributed by atoms with Gasteiger partial charge in [0, 0.05) is 12.4 Å². The summed E-state index contributed by atoms with van der Waals surface area (Å²) in [5.41, 5.74) is 2.03.